The van der Waals surface area contributed by atoms with Crippen molar-refractivity contribution in [2.24, 2.45) is 11.7 Å². The van der Waals surface area contributed by atoms with E-state index in [1.54, 1.807) is 22.7 Å². The van der Waals surface area contributed by atoms with E-state index < -0.39 is 48.3 Å². The highest BCUT2D eigenvalue weighted by Crippen LogP contribution is 2.28. The number of nitrogens with one attached hydrogen (secondary N) is 4. The van der Waals surface area contributed by atoms with E-state index in [0.717, 1.165) is 71.7 Å². The van der Waals surface area contributed by atoms with Gasteiger partial charge in [-0.15, -0.1) is 22.7 Å². The van der Waals surface area contributed by atoms with Crippen molar-refractivity contribution in [1.82, 2.24) is 33.0 Å². The maximum Gasteiger partial charge on any atom is 0.408 e. The summed E-state index contributed by atoms with van der Waals surface area (Å²) in [7, 11) is 1.30. The molecule has 2 aromatic heterocycles. The second-order valence-electron chi connectivity index (χ2n) is 16.2. The Labute approximate surface area is 422 Å². The monoisotopic (exact) mass is 1010 g/mol. The number of nitrogens with two attached hydrogens (primary N) is 2. The number of ether oxygens (including phenoxy) is 3. The number of carbonyl (C=O) groups excluding carboxylic acids is 3. The number of thiophene rings is 2. The van der Waals surface area contributed by atoms with Gasteiger partial charge in [0, 0.05) is 22.2 Å². The number of hydrogen-bond acceptors (Lipinski definition) is 15. The van der Waals surface area contributed by atoms with Crippen LogP contribution in [0.3, 0.4) is 0 Å². The zero-order chi connectivity index (χ0) is 49.7. The van der Waals surface area contributed by atoms with Gasteiger partial charge in [-0.3, -0.25) is 20.8 Å². The van der Waals surface area contributed by atoms with Crippen LogP contribution in [-0.4, -0.2) is 82.2 Å². The van der Waals surface area contributed by atoms with Crippen LogP contribution in [0.5, 0.6) is 0 Å². The second-order valence-corrected chi connectivity index (χ2v) is 18.0. The zero-order valence-corrected chi connectivity index (χ0v) is 42.1. The molecule has 2 heterocycles. The molecule has 20 heteroatoms. The number of amides is 2. The van der Waals surface area contributed by atoms with Gasteiger partial charge in [0.2, 0.25) is 0 Å². The molecule has 0 spiro atoms. The number of carboxylic acid groups (broad SMARTS) is 1. The number of hydrazine groups is 2. The van der Waals surface area contributed by atoms with Crippen molar-refractivity contribution in [2.45, 2.75) is 103 Å². The molecule has 0 aliphatic rings. The minimum atomic E-state index is -1.10. The van der Waals surface area contributed by atoms with Gasteiger partial charge < -0.3 is 42.3 Å². The summed E-state index contributed by atoms with van der Waals surface area (Å²) in [4.78, 5) is 49.5. The number of nitrogens with zero attached hydrogens (tertiary/aromatic N) is 2. The van der Waals surface area contributed by atoms with E-state index in [4.69, 9.17) is 36.7 Å². The summed E-state index contributed by atoms with van der Waals surface area (Å²) < 4.78 is 17.9. The standard InChI is InChI=1S/C26H32N4O4S.C25H30N4O4S.2H3N/c1-3-4-13-22(25(31)33-2)30(28)24(27)21(15-19-17-35-23-14-9-8-12-20(19)23)29-26(32)34-16-18-10-6-5-7-11-18;1-2-3-12-21(24(30)31)29(27)23(26)20(14-18-16-34-22-13-8-7-11-19(18)22)28-25(32)33-15-17-9-5-4-6-10-17;;/h5-12,14,17,21-22,27H,3-4,13,15-16,28H2,1-2H3,(H,29,32);4-11,13,16,20-21,26H,2-3,12,14-15,27H2,1H3,(H,28,32)(H,30,31);2*1H3/t21-,22-;20?,21-;;/m00../s1. The summed E-state index contributed by atoms with van der Waals surface area (Å²) in [5.74, 6) is 10.5. The average molecular weight is 1010 g/mol. The summed E-state index contributed by atoms with van der Waals surface area (Å²) in [5.41, 5.74) is 3.59. The van der Waals surface area contributed by atoms with E-state index >= 15 is 0 Å². The van der Waals surface area contributed by atoms with Crippen LogP contribution >= 0.6 is 22.7 Å². The molecule has 4 aromatic carbocycles. The molecule has 18 nitrogen and oxygen atoms in total. The van der Waals surface area contributed by atoms with Crippen LogP contribution in [0.4, 0.5) is 9.59 Å². The number of unbranched alkanes of at least 4 members (excludes halogenated alkanes) is 2. The largest absolute Gasteiger partial charge is 0.480 e. The van der Waals surface area contributed by atoms with Crippen LogP contribution in [0.25, 0.3) is 20.2 Å². The molecule has 0 radical (unpaired) electrons. The molecule has 6 aromatic rings. The van der Waals surface area contributed by atoms with Gasteiger partial charge in [0.05, 0.1) is 19.2 Å². The third kappa shape index (κ3) is 17.2. The van der Waals surface area contributed by atoms with Crippen molar-refractivity contribution in [3.05, 3.63) is 142 Å². The Morgan fingerprint density at radius 3 is 1.39 bits per heavy atom. The van der Waals surface area contributed by atoms with Crippen LogP contribution in [-0.2, 0) is 49.9 Å². The van der Waals surface area contributed by atoms with Crippen molar-refractivity contribution >= 4 is 78.6 Å². The molecule has 1 unspecified atom stereocenters. The van der Waals surface area contributed by atoms with Crippen LogP contribution < -0.4 is 34.6 Å². The van der Waals surface area contributed by atoms with Gasteiger partial charge in [0.1, 0.15) is 37.0 Å². The van der Waals surface area contributed by atoms with Gasteiger partial charge in [-0.05, 0) is 68.8 Å². The third-order valence-corrected chi connectivity index (χ3v) is 13.3. The van der Waals surface area contributed by atoms with E-state index in [0.29, 0.717) is 25.7 Å². The minimum Gasteiger partial charge on any atom is -0.480 e. The summed E-state index contributed by atoms with van der Waals surface area (Å²) in [5, 5.41) is 40.8. The average Bonchev–Trinajstić information content (AvgIpc) is 3.98. The first-order valence-corrected chi connectivity index (χ1v) is 24.5. The highest BCUT2D eigenvalue weighted by atomic mass is 32.1. The van der Waals surface area contributed by atoms with Gasteiger partial charge in [-0.25, -0.2) is 30.9 Å². The minimum absolute atomic E-state index is 0. The fourth-order valence-corrected chi connectivity index (χ4v) is 9.40. The smallest absolute Gasteiger partial charge is 0.408 e. The number of fused-ring (bicyclic) bond motifs is 2. The molecule has 0 fully saturated rings. The number of aliphatic carboxylic acids is 1. The molecular formula is C51H68N10O8S2. The predicted octanol–water partition coefficient (Wildman–Crippen LogP) is 9.48. The van der Waals surface area contributed by atoms with E-state index in [2.05, 4.69) is 10.6 Å². The lowest BCUT2D eigenvalue weighted by molar-refractivity contribution is -0.146. The molecule has 0 saturated heterocycles. The summed E-state index contributed by atoms with van der Waals surface area (Å²) >= 11 is 3.17. The van der Waals surface area contributed by atoms with Crippen LogP contribution in [0.15, 0.2) is 120 Å². The Hall–Kier alpha value is -6.94. The predicted molar refractivity (Wildman–Crippen MR) is 282 cm³/mol. The summed E-state index contributed by atoms with van der Waals surface area (Å²) in [6, 6.07) is 30.9. The Balaban J connectivity index is 0.000000365. The highest BCUT2D eigenvalue weighted by molar-refractivity contribution is 7.17. The first-order valence-electron chi connectivity index (χ1n) is 22.7. The van der Waals surface area contributed by atoms with E-state index in [1.165, 1.54) is 7.11 Å². The Morgan fingerprint density at radius 2 is 1.00 bits per heavy atom. The molecular weight excluding hydrogens is 945 g/mol. The molecule has 0 bridgehead atoms. The maximum atomic E-state index is 12.7. The quantitative estimate of drug-likeness (QED) is 0.00764. The number of alkyl carbamates (subject to hydrolysis) is 2. The van der Waals surface area contributed by atoms with Crippen LogP contribution in [0, 0.1) is 10.8 Å². The third-order valence-electron chi connectivity index (χ3n) is 11.3. The molecule has 6 rings (SSSR count). The van der Waals surface area contributed by atoms with Crippen molar-refractivity contribution in [1.29, 1.82) is 10.8 Å². The van der Waals surface area contributed by atoms with Crippen LogP contribution in [0.2, 0.25) is 0 Å². The highest BCUT2D eigenvalue weighted by Gasteiger charge is 2.33. The maximum absolute atomic E-state index is 12.7. The fraction of sp³-hybridized carbons (Fsp3) is 0.333. The number of benzene rings is 4. The van der Waals surface area contributed by atoms with Crippen molar-refractivity contribution < 1.29 is 38.5 Å². The molecule has 2 amide bonds. The van der Waals surface area contributed by atoms with E-state index in [1.807, 2.05) is 134 Å². The van der Waals surface area contributed by atoms with Crippen molar-refractivity contribution in [2.75, 3.05) is 7.11 Å². The number of hydrogen-bond donors (Lipinski definition) is 9. The topological polar surface area (TPSA) is 316 Å². The van der Waals surface area contributed by atoms with Gasteiger partial charge in [-0.1, -0.05) is 137 Å². The van der Waals surface area contributed by atoms with Crippen molar-refractivity contribution in [3.63, 3.8) is 0 Å². The molecule has 0 saturated carbocycles. The molecule has 382 valence electrons. The Bertz CT molecular complexity index is 2620. The Morgan fingerprint density at radius 1 is 0.620 bits per heavy atom. The lowest BCUT2D eigenvalue weighted by atomic mass is 10.0. The van der Waals surface area contributed by atoms with Gasteiger partial charge in [-0.2, -0.15) is 0 Å². The molecule has 4 atom stereocenters. The van der Waals surface area contributed by atoms with Gasteiger partial charge in [0.25, 0.3) is 0 Å². The Kier molecular flexibility index (Phi) is 24.6. The number of esters is 1. The van der Waals surface area contributed by atoms with E-state index in [-0.39, 0.29) is 43.6 Å². The molecule has 0 aliphatic carbocycles. The number of carboxylic acids is 1. The van der Waals surface area contributed by atoms with Crippen LogP contribution in [0.1, 0.15) is 74.6 Å². The molecule has 15 N–H and O–H groups in total. The molecule has 71 heavy (non-hydrogen) atoms. The first kappa shape index (κ1) is 58.4. The van der Waals surface area contributed by atoms with Gasteiger partial charge in [0.15, 0.2) is 0 Å². The lowest BCUT2D eigenvalue weighted by Gasteiger charge is -2.31. The van der Waals surface area contributed by atoms with Crippen molar-refractivity contribution in [3.8, 4) is 0 Å². The molecule has 0 aliphatic heterocycles. The first-order chi connectivity index (χ1) is 33.3. The number of carbonyl (C=O) groups is 4. The van der Waals surface area contributed by atoms with E-state index in [9.17, 15) is 24.3 Å². The van der Waals surface area contributed by atoms with Gasteiger partial charge >= 0.3 is 24.1 Å². The fourth-order valence-electron chi connectivity index (χ4n) is 7.45. The number of rotatable bonds is 22. The second kappa shape index (κ2) is 29.9. The number of amidine groups is 2. The summed E-state index contributed by atoms with van der Waals surface area (Å²) in [6.07, 6.45) is 3.04. The SMILES string of the molecule is CCCC[C@@H](C(=O)O)N(N)C(=N)C(Cc1csc2ccccc12)NC(=O)OCc1ccccc1.CCCC[C@@H](C(=O)OC)N(N)C(=N)[C@H](Cc1csc2ccccc12)NC(=O)OCc1ccccc1.N.N. The zero-order valence-electron chi connectivity index (χ0n) is 40.5. The lowest BCUT2D eigenvalue weighted by Crippen LogP contribution is -2.57. The number of methoxy groups -OCH3 is 1. The summed E-state index contributed by atoms with van der Waals surface area (Å²) in [6.45, 7) is 4.14. The normalized spacial score (nSPS) is 12.2.